The predicted octanol–water partition coefficient (Wildman–Crippen LogP) is 5.28. The van der Waals surface area contributed by atoms with Gasteiger partial charge in [0, 0.05) is 18.5 Å². The molecule has 2 aromatic rings. The van der Waals surface area contributed by atoms with Crippen molar-refractivity contribution in [3.05, 3.63) is 48.0 Å². The summed E-state index contributed by atoms with van der Waals surface area (Å²) in [6.45, 7) is 3.98. The number of ether oxygens (including phenoxy) is 2. The van der Waals surface area contributed by atoms with Gasteiger partial charge in [-0.2, -0.15) is 0 Å². The Morgan fingerprint density at radius 3 is 2.63 bits per heavy atom. The summed E-state index contributed by atoms with van der Waals surface area (Å²) in [7, 11) is 3.33. The monoisotopic (exact) mass is 432 g/mol. The van der Waals surface area contributed by atoms with Crippen LogP contribution < -0.4 is 9.75 Å². The summed E-state index contributed by atoms with van der Waals surface area (Å²) in [5.41, 5.74) is 3.50. The number of benzene rings is 2. The molecule has 2 aromatic carbocycles. The molecule has 0 aliphatic carbocycles. The van der Waals surface area contributed by atoms with Crippen LogP contribution in [0.2, 0.25) is 0 Å². The number of carbonyl (C=O) groups excluding carboxylic acids is 2. The number of methoxy groups -OCH3 is 1. The molecule has 30 heavy (non-hydrogen) atoms. The van der Waals surface area contributed by atoms with Crippen LogP contribution in [0.15, 0.2) is 42.5 Å². The van der Waals surface area contributed by atoms with Crippen molar-refractivity contribution < 1.29 is 19.1 Å². The number of rotatable bonds is 10. The van der Waals surface area contributed by atoms with Crippen LogP contribution in [0, 0.1) is 0 Å². The third-order valence-electron chi connectivity index (χ3n) is 4.77. The highest BCUT2D eigenvalue weighted by Crippen LogP contribution is 2.34. The van der Waals surface area contributed by atoms with Gasteiger partial charge < -0.3 is 14.3 Å². The molecule has 0 aromatic heterocycles. The first kappa shape index (κ1) is 23.5. The second-order valence-electron chi connectivity index (χ2n) is 6.93. The molecule has 0 aliphatic rings. The van der Waals surface area contributed by atoms with Gasteiger partial charge in [-0.3, -0.25) is 5.01 Å². The normalized spacial score (nSPS) is 11.5. The number of anilines is 1. The molecule has 0 radical (unpaired) electrons. The standard InChI is InChI=1S/C23H29ClN2O4/c1-5-6-12-30-23(28)26(17(2)16-27)25(3)20-10-11-22(29-4)21(14-20)19-9-7-8-18(13-19)15-24/h7-11,13-14,16-17H,5-6,12,15H2,1-4H3. The highest BCUT2D eigenvalue weighted by molar-refractivity contribution is 6.17. The highest BCUT2D eigenvalue weighted by atomic mass is 35.5. The third-order valence-corrected chi connectivity index (χ3v) is 5.07. The average Bonchev–Trinajstić information content (AvgIpc) is 2.78. The number of halogens is 1. The summed E-state index contributed by atoms with van der Waals surface area (Å²) in [4.78, 5) is 24.1. The summed E-state index contributed by atoms with van der Waals surface area (Å²) in [6.07, 6.45) is 1.83. The van der Waals surface area contributed by atoms with E-state index in [2.05, 4.69) is 0 Å². The van der Waals surface area contributed by atoms with Crippen molar-refractivity contribution in [2.45, 2.75) is 38.6 Å². The predicted molar refractivity (Wildman–Crippen MR) is 120 cm³/mol. The van der Waals surface area contributed by atoms with Crippen molar-refractivity contribution in [3.8, 4) is 16.9 Å². The summed E-state index contributed by atoms with van der Waals surface area (Å²) in [5, 5.41) is 2.94. The Hall–Kier alpha value is -2.73. The van der Waals surface area contributed by atoms with E-state index >= 15 is 0 Å². The van der Waals surface area contributed by atoms with E-state index in [1.54, 1.807) is 26.1 Å². The number of amides is 1. The number of hydrogen-bond acceptors (Lipinski definition) is 5. The molecule has 2 rings (SSSR count). The number of hydrazine groups is 1. The van der Waals surface area contributed by atoms with Crippen molar-refractivity contribution in [2.75, 3.05) is 25.8 Å². The molecule has 162 valence electrons. The molecule has 6 nitrogen and oxygen atoms in total. The van der Waals surface area contributed by atoms with E-state index in [1.807, 2.05) is 49.4 Å². The molecule has 0 N–H and O–H groups in total. The van der Waals surface area contributed by atoms with Crippen LogP contribution in [0.4, 0.5) is 10.5 Å². The number of alkyl halides is 1. The molecule has 7 heteroatoms. The zero-order valence-corrected chi connectivity index (χ0v) is 18.7. The molecule has 1 amide bonds. The number of carbonyl (C=O) groups is 2. The SMILES string of the molecule is CCCCOC(=O)N(C(C)C=O)N(C)c1ccc(OC)c(-c2cccc(CCl)c2)c1. The fraction of sp³-hybridized carbons (Fsp3) is 0.391. The van der Waals surface area contributed by atoms with Gasteiger partial charge in [0.1, 0.15) is 18.1 Å². The highest BCUT2D eigenvalue weighted by Gasteiger charge is 2.26. The fourth-order valence-corrected chi connectivity index (χ4v) is 3.23. The van der Waals surface area contributed by atoms with Gasteiger partial charge in [-0.1, -0.05) is 31.5 Å². The van der Waals surface area contributed by atoms with Gasteiger partial charge in [0.2, 0.25) is 0 Å². The van der Waals surface area contributed by atoms with Crippen molar-refractivity contribution in [1.82, 2.24) is 5.01 Å². The Balaban J connectivity index is 2.42. The Bertz CT molecular complexity index is 859. The Labute approximate surface area is 183 Å². The minimum absolute atomic E-state index is 0.310. The van der Waals surface area contributed by atoms with Gasteiger partial charge >= 0.3 is 6.09 Å². The second-order valence-corrected chi connectivity index (χ2v) is 7.20. The van der Waals surface area contributed by atoms with Crippen LogP contribution in [-0.2, 0) is 15.4 Å². The Kier molecular flexibility index (Phi) is 8.99. The van der Waals surface area contributed by atoms with E-state index in [-0.39, 0.29) is 0 Å². The second kappa shape index (κ2) is 11.5. The van der Waals surface area contributed by atoms with Gasteiger partial charge in [-0.15, -0.1) is 11.6 Å². The van der Waals surface area contributed by atoms with E-state index < -0.39 is 12.1 Å². The van der Waals surface area contributed by atoms with E-state index in [0.717, 1.165) is 29.5 Å². The van der Waals surface area contributed by atoms with Crippen LogP contribution >= 0.6 is 11.6 Å². The van der Waals surface area contributed by atoms with Crippen LogP contribution in [-0.4, -0.2) is 44.2 Å². The van der Waals surface area contributed by atoms with Crippen molar-refractivity contribution in [2.24, 2.45) is 0 Å². The molecule has 0 saturated carbocycles. The van der Waals surface area contributed by atoms with Crippen LogP contribution in [0.1, 0.15) is 32.3 Å². The van der Waals surface area contributed by atoms with Crippen molar-refractivity contribution in [1.29, 1.82) is 0 Å². The minimum Gasteiger partial charge on any atom is -0.496 e. The van der Waals surface area contributed by atoms with E-state index in [1.165, 1.54) is 5.01 Å². The maximum Gasteiger partial charge on any atom is 0.429 e. The molecule has 0 aliphatic heterocycles. The number of aldehydes is 1. The van der Waals surface area contributed by atoms with Crippen molar-refractivity contribution >= 4 is 29.7 Å². The van der Waals surface area contributed by atoms with Gasteiger partial charge in [-0.05, 0) is 48.7 Å². The number of nitrogens with zero attached hydrogens (tertiary/aromatic N) is 2. The van der Waals surface area contributed by atoms with Gasteiger partial charge in [0.05, 0.1) is 19.4 Å². The largest absolute Gasteiger partial charge is 0.496 e. The van der Waals surface area contributed by atoms with Crippen LogP contribution in [0.25, 0.3) is 11.1 Å². The molecule has 1 unspecified atom stereocenters. The van der Waals surface area contributed by atoms with E-state index in [4.69, 9.17) is 21.1 Å². The lowest BCUT2D eigenvalue weighted by Gasteiger charge is -2.35. The maximum atomic E-state index is 12.7. The first-order valence-electron chi connectivity index (χ1n) is 9.95. The summed E-state index contributed by atoms with van der Waals surface area (Å²) >= 11 is 5.99. The molecule has 0 fully saturated rings. The lowest BCUT2D eigenvalue weighted by molar-refractivity contribution is -0.111. The molecule has 0 saturated heterocycles. The maximum absolute atomic E-state index is 12.7. The van der Waals surface area contributed by atoms with Gasteiger partial charge in [0.25, 0.3) is 0 Å². The summed E-state index contributed by atoms with van der Waals surface area (Å²) in [5.74, 6) is 1.10. The first-order valence-corrected chi connectivity index (χ1v) is 10.5. The number of unbranched alkanes of at least 4 members (excludes halogenated alkanes) is 1. The Morgan fingerprint density at radius 2 is 2.00 bits per heavy atom. The van der Waals surface area contributed by atoms with Gasteiger partial charge in [-0.25, -0.2) is 9.80 Å². The molecule has 0 heterocycles. The first-order chi connectivity index (χ1) is 14.5. The molecular formula is C23H29ClN2O4. The minimum atomic E-state index is -0.686. The lowest BCUT2D eigenvalue weighted by atomic mass is 10.0. The average molecular weight is 433 g/mol. The summed E-state index contributed by atoms with van der Waals surface area (Å²) in [6, 6.07) is 12.8. The molecular weight excluding hydrogens is 404 g/mol. The topological polar surface area (TPSA) is 59.1 Å². The Morgan fingerprint density at radius 1 is 1.23 bits per heavy atom. The zero-order valence-electron chi connectivity index (χ0n) is 17.9. The van der Waals surface area contributed by atoms with Crippen LogP contribution in [0.5, 0.6) is 5.75 Å². The molecule has 1 atom stereocenters. The molecule has 0 spiro atoms. The summed E-state index contributed by atoms with van der Waals surface area (Å²) < 4.78 is 10.9. The van der Waals surface area contributed by atoms with E-state index in [0.29, 0.717) is 30.2 Å². The number of hydrogen-bond donors (Lipinski definition) is 0. The zero-order chi connectivity index (χ0) is 22.1. The van der Waals surface area contributed by atoms with Gasteiger partial charge in [0.15, 0.2) is 0 Å². The van der Waals surface area contributed by atoms with Crippen LogP contribution in [0.3, 0.4) is 0 Å². The third kappa shape index (κ3) is 5.66. The smallest absolute Gasteiger partial charge is 0.429 e. The fourth-order valence-electron chi connectivity index (χ4n) is 3.06. The quantitative estimate of drug-likeness (QED) is 0.221. The van der Waals surface area contributed by atoms with Crippen molar-refractivity contribution in [3.63, 3.8) is 0 Å². The lowest BCUT2D eigenvalue weighted by Crippen LogP contribution is -2.50. The van der Waals surface area contributed by atoms with E-state index in [9.17, 15) is 9.59 Å². The molecule has 0 bridgehead atoms.